The minimum absolute atomic E-state index is 0.0995. The van der Waals surface area contributed by atoms with Crippen molar-refractivity contribution in [2.45, 2.75) is 175 Å². The minimum Gasteiger partial charge on any atom is -0.465 e. The first-order chi connectivity index (χ1) is 17.9. The highest BCUT2D eigenvalue weighted by Gasteiger charge is 2.30. The highest BCUT2D eigenvalue weighted by Crippen LogP contribution is 2.41. The van der Waals surface area contributed by atoms with Gasteiger partial charge in [-0.1, -0.05) is 157 Å². The van der Waals surface area contributed by atoms with Gasteiger partial charge in [0.05, 0.1) is 12.5 Å². The van der Waals surface area contributed by atoms with Gasteiger partial charge in [-0.25, -0.2) is 0 Å². The molecule has 219 valence electrons. The van der Waals surface area contributed by atoms with Crippen LogP contribution in [0.2, 0.25) is 0 Å². The zero-order valence-corrected chi connectivity index (χ0v) is 26.5. The van der Waals surface area contributed by atoms with Gasteiger partial charge in [-0.05, 0) is 29.7 Å². The van der Waals surface area contributed by atoms with Crippen LogP contribution in [-0.4, -0.2) is 12.6 Å². The predicted molar refractivity (Wildman–Crippen MR) is 163 cm³/mol. The van der Waals surface area contributed by atoms with Gasteiger partial charge in [0.2, 0.25) is 0 Å². The fourth-order valence-corrected chi connectivity index (χ4v) is 5.10. The van der Waals surface area contributed by atoms with Crippen molar-refractivity contribution in [2.75, 3.05) is 6.61 Å². The molecular formula is C35H61O3. The number of ether oxygens (including phenoxy) is 1. The molecule has 0 N–H and O–H groups in total. The third-order valence-electron chi connectivity index (χ3n) is 7.82. The van der Waals surface area contributed by atoms with Crippen molar-refractivity contribution in [3.05, 3.63) is 28.8 Å². The molecule has 0 aliphatic rings. The molecule has 0 saturated carbocycles. The van der Waals surface area contributed by atoms with Crippen molar-refractivity contribution in [1.82, 2.24) is 0 Å². The Bertz CT molecular complexity index is 746. The lowest BCUT2D eigenvalue weighted by molar-refractivity contribution is -0.145. The van der Waals surface area contributed by atoms with E-state index in [1.165, 1.54) is 89.9 Å². The number of carbonyl (C=O) groups is 1. The standard InChI is InChI=1S/C35H61O3/c1-9-10-11-12-13-14-15-16-17-18-19-20-21-22-23-24-25-38-33(37)28(2)29-26-30(34(3,4)5)32(36)31(27-29)35(6,7)8/h26-28H,9-25H2,1-8H3. The molecule has 1 aromatic carbocycles. The maximum absolute atomic E-state index is 13.1. The van der Waals surface area contributed by atoms with Crippen LogP contribution in [0.5, 0.6) is 5.75 Å². The third kappa shape index (κ3) is 13.5. The normalized spacial score (nSPS) is 13.1. The van der Waals surface area contributed by atoms with Crippen LogP contribution in [0.4, 0.5) is 0 Å². The average molecular weight is 530 g/mol. The van der Waals surface area contributed by atoms with Crippen LogP contribution in [0.15, 0.2) is 12.1 Å². The van der Waals surface area contributed by atoms with Gasteiger partial charge >= 0.3 is 5.97 Å². The summed E-state index contributed by atoms with van der Waals surface area (Å²) in [6, 6.07) is 3.86. The molecule has 0 spiro atoms. The third-order valence-corrected chi connectivity index (χ3v) is 7.82. The molecule has 0 amide bonds. The smallest absolute Gasteiger partial charge is 0.313 e. The number of carbonyl (C=O) groups excluding carboxylic acids is 1. The Morgan fingerprint density at radius 1 is 0.658 bits per heavy atom. The molecule has 0 bridgehead atoms. The lowest BCUT2D eigenvalue weighted by Crippen LogP contribution is -2.20. The maximum Gasteiger partial charge on any atom is 0.313 e. The number of hydrogen-bond donors (Lipinski definition) is 0. The summed E-state index contributed by atoms with van der Waals surface area (Å²) in [4.78, 5) is 12.8. The summed E-state index contributed by atoms with van der Waals surface area (Å²) in [5, 5.41) is 13.1. The highest BCUT2D eigenvalue weighted by molar-refractivity contribution is 5.78. The molecule has 1 rings (SSSR count). The van der Waals surface area contributed by atoms with E-state index < -0.39 is 0 Å². The molecule has 0 saturated heterocycles. The summed E-state index contributed by atoms with van der Waals surface area (Å²) in [5.41, 5.74) is 1.89. The fourth-order valence-electron chi connectivity index (χ4n) is 5.10. The zero-order valence-electron chi connectivity index (χ0n) is 26.5. The monoisotopic (exact) mass is 529 g/mol. The first kappa shape index (κ1) is 34.5. The summed E-state index contributed by atoms with van der Waals surface area (Å²) in [5.74, 6) is -0.467. The van der Waals surface area contributed by atoms with E-state index in [2.05, 4.69) is 48.5 Å². The van der Waals surface area contributed by atoms with Crippen LogP contribution >= 0.6 is 0 Å². The maximum atomic E-state index is 13.1. The van der Waals surface area contributed by atoms with Gasteiger partial charge in [0, 0.05) is 11.1 Å². The van der Waals surface area contributed by atoms with Crippen molar-refractivity contribution >= 4 is 5.97 Å². The lowest BCUT2D eigenvalue weighted by Gasteiger charge is -2.28. The number of benzene rings is 1. The second-order valence-corrected chi connectivity index (χ2v) is 13.6. The van der Waals surface area contributed by atoms with Crippen LogP contribution in [0.25, 0.3) is 0 Å². The van der Waals surface area contributed by atoms with Gasteiger partial charge in [0.1, 0.15) is 0 Å². The SMILES string of the molecule is CCCCCCCCCCCCCCCCCCOC(=O)C(C)c1cc(C(C)(C)C)c([O])c(C(C)(C)C)c1. The van der Waals surface area contributed by atoms with E-state index in [9.17, 15) is 9.90 Å². The van der Waals surface area contributed by atoms with Crippen LogP contribution in [0.1, 0.15) is 181 Å². The summed E-state index contributed by atoms with van der Waals surface area (Å²) >= 11 is 0. The first-order valence-corrected chi connectivity index (χ1v) is 15.9. The molecule has 1 atom stereocenters. The molecule has 3 nitrogen and oxygen atoms in total. The molecule has 0 aliphatic carbocycles. The van der Waals surface area contributed by atoms with E-state index in [1.807, 2.05) is 19.1 Å². The summed E-state index contributed by atoms with van der Waals surface area (Å²) in [7, 11) is 0. The fraction of sp³-hybridized carbons (Fsp3) is 0.800. The quantitative estimate of drug-likeness (QED) is 0.132. The van der Waals surface area contributed by atoms with E-state index in [0.29, 0.717) is 6.61 Å². The number of esters is 1. The van der Waals surface area contributed by atoms with Crippen LogP contribution in [0.3, 0.4) is 0 Å². The summed E-state index contributed by atoms with van der Waals surface area (Å²) in [6.45, 7) is 17.0. The summed E-state index contributed by atoms with van der Waals surface area (Å²) in [6.07, 6.45) is 21.3. The van der Waals surface area contributed by atoms with Gasteiger partial charge in [-0.15, -0.1) is 0 Å². The van der Waals surface area contributed by atoms with E-state index in [1.54, 1.807) is 0 Å². The number of hydrogen-bond acceptors (Lipinski definition) is 2. The Labute approximate surface area is 236 Å². The topological polar surface area (TPSA) is 46.2 Å². The van der Waals surface area contributed by atoms with Crippen LogP contribution in [0, 0.1) is 0 Å². The minimum atomic E-state index is -0.376. The predicted octanol–water partition coefficient (Wildman–Crippen LogP) is 11.3. The number of unbranched alkanes of at least 4 members (excludes halogenated alkanes) is 15. The van der Waals surface area contributed by atoms with Crippen molar-refractivity contribution in [3.63, 3.8) is 0 Å². The molecule has 38 heavy (non-hydrogen) atoms. The van der Waals surface area contributed by atoms with Gasteiger partial charge in [-0.2, -0.15) is 0 Å². The molecule has 1 aromatic rings. The van der Waals surface area contributed by atoms with E-state index in [4.69, 9.17) is 4.74 Å². The summed E-state index contributed by atoms with van der Waals surface area (Å²) < 4.78 is 5.64. The zero-order chi connectivity index (χ0) is 28.6. The second-order valence-electron chi connectivity index (χ2n) is 13.6. The highest BCUT2D eigenvalue weighted by atomic mass is 16.5. The first-order valence-electron chi connectivity index (χ1n) is 15.9. The average Bonchev–Trinajstić information content (AvgIpc) is 2.84. The molecule has 1 unspecified atom stereocenters. The molecule has 0 aliphatic heterocycles. The van der Waals surface area contributed by atoms with E-state index >= 15 is 0 Å². The Morgan fingerprint density at radius 3 is 1.34 bits per heavy atom. The van der Waals surface area contributed by atoms with Gasteiger partial charge < -0.3 is 4.74 Å². The van der Waals surface area contributed by atoms with Crippen molar-refractivity contribution < 1.29 is 14.6 Å². The molecule has 1 radical (unpaired) electrons. The van der Waals surface area contributed by atoms with Crippen molar-refractivity contribution in [1.29, 1.82) is 0 Å². The molecule has 0 aromatic heterocycles. The van der Waals surface area contributed by atoms with Gasteiger partial charge in [0.25, 0.3) is 0 Å². The van der Waals surface area contributed by atoms with Crippen molar-refractivity contribution in [2.24, 2.45) is 0 Å². The van der Waals surface area contributed by atoms with E-state index in [-0.39, 0.29) is 28.5 Å². The molecule has 0 heterocycles. The Morgan fingerprint density at radius 2 is 1.00 bits per heavy atom. The van der Waals surface area contributed by atoms with Crippen LogP contribution < -0.4 is 0 Å². The van der Waals surface area contributed by atoms with Crippen molar-refractivity contribution in [3.8, 4) is 5.75 Å². The lowest BCUT2D eigenvalue weighted by atomic mass is 9.77. The molecular weight excluding hydrogens is 468 g/mol. The largest absolute Gasteiger partial charge is 0.465 e. The number of rotatable bonds is 19. The molecule has 3 heteroatoms. The molecule has 0 fully saturated rings. The Kier molecular flexibility index (Phi) is 16.3. The second kappa shape index (κ2) is 18.0. The Balaban J connectivity index is 2.25. The van der Waals surface area contributed by atoms with Crippen LogP contribution in [-0.2, 0) is 25.5 Å². The van der Waals surface area contributed by atoms with E-state index in [0.717, 1.165) is 29.5 Å². The Hall–Kier alpha value is -1.51. The van der Waals surface area contributed by atoms with Gasteiger partial charge in [-0.3, -0.25) is 9.90 Å². The van der Waals surface area contributed by atoms with Gasteiger partial charge in [0.15, 0.2) is 5.75 Å².